The van der Waals surface area contributed by atoms with Crippen molar-refractivity contribution in [2.45, 2.75) is 19.9 Å². The summed E-state index contributed by atoms with van der Waals surface area (Å²) >= 11 is 3.41. The molecular formula is C29H24BrN3O4. The predicted molar refractivity (Wildman–Crippen MR) is 146 cm³/mol. The van der Waals surface area contributed by atoms with Gasteiger partial charge in [0.15, 0.2) is 11.5 Å². The third-order valence-electron chi connectivity index (χ3n) is 6.70. The van der Waals surface area contributed by atoms with E-state index in [2.05, 4.69) is 15.9 Å². The van der Waals surface area contributed by atoms with E-state index in [0.29, 0.717) is 22.5 Å². The summed E-state index contributed by atoms with van der Waals surface area (Å²) in [4.78, 5) is 42.9. The Hall–Kier alpha value is -4.17. The molecule has 0 radical (unpaired) electrons. The van der Waals surface area contributed by atoms with Gasteiger partial charge in [-0.05, 0) is 49.2 Å². The molecule has 1 atom stereocenters. The van der Waals surface area contributed by atoms with Crippen LogP contribution >= 0.6 is 15.9 Å². The Kier molecular flexibility index (Phi) is 6.21. The summed E-state index contributed by atoms with van der Waals surface area (Å²) in [6, 6.07) is 21.9. The number of aromatic nitrogens is 2. The van der Waals surface area contributed by atoms with Crippen molar-refractivity contribution in [1.82, 2.24) is 9.36 Å². The number of aliphatic hydroxyl groups is 1. The van der Waals surface area contributed by atoms with E-state index in [9.17, 15) is 19.5 Å². The fourth-order valence-electron chi connectivity index (χ4n) is 4.72. The first-order valence-electron chi connectivity index (χ1n) is 11.7. The van der Waals surface area contributed by atoms with Gasteiger partial charge in [-0.25, -0.2) is 4.68 Å². The first-order chi connectivity index (χ1) is 17.7. The van der Waals surface area contributed by atoms with E-state index in [1.54, 1.807) is 67.2 Å². The number of aryl methyl sites for hydroxylation is 1. The largest absolute Gasteiger partial charge is 0.502 e. The maximum absolute atomic E-state index is 14.1. The molecule has 4 aromatic rings. The first-order valence-corrected chi connectivity index (χ1v) is 12.5. The van der Waals surface area contributed by atoms with Crippen LogP contribution in [0.25, 0.3) is 11.3 Å². The number of anilines is 1. The van der Waals surface area contributed by atoms with Gasteiger partial charge in [0, 0.05) is 11.5 Å². The van der Waals surface area contributed by atoms with Gasteiger partial charge in [0.1, 0.15) is 11.7 Å². The van der Waals surface area contributed by atoms with Gasteiger partial charge in [-0.15, -0.1) is 0 Å². The smallest absolute Gasteiger partial charge is 0.295 e. The summed E-state index contributed by atoms with van der Waals surface area (Å²) in [5, 5.41) is 11.1. The molecule has 1 aromatic heterocycles. The quantitative estimate of drug-likeness (QED) is 0.374. The monoisotopic (exact) mass is 557 g/mol. The lowest BCUT2D eigenvalue weighted by atomic mass is 9.87. The summed E-state index contributed by atoms with van der Waals surface area (Å²) in [5.41, 5.74) is 2.52. The lowest BCUT2D eigenvalue weighted by Crippen LogP contribution is -2.47. The second-order valence-corrected chi connectivity index (χ2v) is 9.91. The Morgan fingerprint density at radius 3 is 2.08 bits per heavy atom. The van der Waals surface area contributed by atoms with E-state index in [1.807, 2.05) is 37.3 Å². The molecule has 0 fully saturated rings. The zero-order valence-electron chi connectivity index (χ0n) is 20.5. The van der Waals surface area contributed by atoms with Crippen molar-refractivity contribution in [3.63, 3.8) is 0 Å². The maximum atomic E-state index is 14.1. The number of carbonyl (C=O) groups is 2. The number of ketones is 1. The molecule has 186 valence electrons. The Balaban J connectivity index is 1.77. The summed E-state index contributed by atoms with van der Waals surface area (Å²) in [5.74, 6) is -1.97. The van der Waals surface area contributed by atoms with Crippen molar-refractivity contribution >= 4 is 38.9 Å². The predicted octanol–water partition coefficient (Wildman–Crippen LogP) is 5.18. The van der Waals surface area contributed by atoms with Gasteiger partial charge in [-0.2, -0.15) is 0 Å². The lowest BCUT2D eigenvalue weighted by molar-refractivity contribution is -0.123. The van der Waals surface area contributed by atoms with E-state index >= 15 is 0 Å². The molecule has 1 amide bonds. The zero-order chi connectivity index (χ0) is 26.4. The highest BCUT2D eigenvalue weighted by Gasteiger charge is 2.45. The number of para-hydroxylation sites is 1. The number of Topliss-reactive ketones (excluding diaryl/α,β-unsaturated/α-hetero) is 1. The molecule has 37 heavy (non-hydrogen) atoms. The molecule has 0 spiro atoms. The van der Waals surface area contributed by atoms with Gasteiger partial charge < -0.3 is 5.11 Å². The topological polar surface area (TPSA) is 84.5 Å². The molecule has 1 N–H and O–H groups in total. The maximum Gasteiger partial charge on any atom is 0.295 e. The molecule has 0 aliphatic carbocycles. The number of halogens is 1. The van der Waals surface area contributed by atoms with Crippen LogP contribution in [0.2, 0.25) is 0 Å². The first kappa shape index (κ1) is 24.5. The van der Waals surface area contributed by atoms with E-state index in [-0.39, 0.29) is 11.3 Å². The third-order valence-corrected chi connectivity index (χ3v) is 7.23. The highest BCUT2D eigenvalue weighted by atomic mass is 79.9. The number of hydrogen-bond acceptors (Lipinski definition) is 4. The van der Waals surface area contributed by atoms with Gasteiger partial charge in [-0.3, -0.25) is 24.0 Å². The molecule has 0 bridgehead atoms. The Bertz CT molecular complexity index is 1610. The molecule has 8 heteroatoms. The van der Waals surface area contributed by atoms with Crippen molar-refractivity contribution in [2.75, 3.05) is 4.90 Å². The molecule has 0 unspecified atom stereocenters. The van der Waals surface area contributed by atoms with Crippen molar-refractivity contribution in [1.29, 1.82) is 0 Å². The fraction of sp³-hybridized carbons (Fsp3) is 0.138. The van der Waals surface area contributed by atoms with Gasteiger partial charge in [-0.1, -0.05) is 76.1 Å². The van der Waals surface area contributed by atoms with E-state index in [0.717, 1.165) is 14.9 Å². The number of aliphatic hydroxyl groups excluding tert-OH is 1. The minimum atomic E-state index is -1.15. The van der Waals surface area contributed by atoms with Crippen LogP contribution in [-0.4, -0.2) is 26.2 Å². The van der Waals surface area contributed by atoms with Crippen LogP contribution in [0.1, 0.15) is 28.4 Å². The van der Waals surface area contributed by atoms with Crippen LogP contribution < -0.4 is 10.5 Å². The number of carbonyl (C=O) groups excluding carboxylic acids is 2. The molecule has 7 nitrogen and oxygen atoms in total. The minimum absolute atomic E-state index is 0.0344. The van der Waals surface area contributed by atoms with Crippen LogP contribution in [0.15, 0.2) is 93.9 Å². The molecule has 2 heterocycles. The summed E-state index contributed by atoms with van der Waals surface area (Å²) < 4.78 is 3.88. The number of rotatable bonds is 4. The Morgan fingerprint density at radius 2 is 1.46 bits per heavy atom. The lowest BCUT2D eigenvalue weighted by Gasteiger charge is -2.34. The fourth-order valence-corrected chi connectivity index (χ4v) is 4.98. The molecule has 5 rings (SSSR count). The normalized spacial score (nSPS) is 16.0. The van der Waals surface area contributed by atoms with Gasteiger partial charge in [0.2, 0.25) is 0 Å². The average Bonchev–Trinajstić information content (AvgIpc) is 3.11. The molecular weight excluding hydrogens is 534 g/mol. The summed E-state index contributed by atoms with van der Waals surface area (Å²) in [6.45, 7) is 3.62. The highest BCUT2D eigenvalue weighted by Crippen LogP contribution is 2.39. The number of hydrogen-bond donors (Lipinski definition) is 1. The highest BCUT2D eigenvalue weighted by molar-refractivity contribution is 9.10. The Labute approximate surface area is 222 Å². The molecule has 0 saturated heterocycles. The van der Waals surface area contributed by atoms with E-state index < -0.39 is 29.1 Å². The van der Waals surface area contributed by atoms with E-state index in [1.165, 1.54) is 4.68 Å². The number of amides is 1. The number of nitrogens with zero attached hydrogens (tertiary/aromatic N) is 3. The molecule has 0 saturated carbocycles. The SMILES string of the molecule is Cc1ccc(C2=C(O)C(=O)N(c3c(C)n(C)n(-c4ccccc4)c3=O)[C@H](c3ccc(Br)cc3)C2=O)cc1. The minimum Gasteiger partial charge on any atom is -0.502 e. The van der Waals surface area contributed by atoms with Crippen LogP contribution in [0, 0.1) is 13.8 Å². The summed E-state index contributed by atoms with van der Waals surface area (Å²) in [6.07, 6.45) is 0. The van der Waals surface area contributed by atoms with Crippen LogP contribution in [0.4, 0.5) is 5.69 Å². The molecule has 3 aromatic carbocycles. The third kappa shape index (κ3) is 4.03. The van der Waals surface area contributed by atoms with Crippen molar-refractivity contribution < 1.29 is 14.7 Å². The second kappa shape index (κ2) is 9.37. The van der Waals surface area contributed by atoms with Gasteiger partial charge >= 0.3 is 0 Å². The number of benzene rings is 3. The van der Waals surface area contributed by atoms with Gasteiger partial charge in [0.25, 0.3) is 11.5 Å². The van der Waals surface area contributed by atoms with Crippen LogP contribution in [0.5, 0.6) is 0 Å². The standard InChI is InChI=1S/C29H24BrN3O4/c1-17-9-11-19(12-10-17)23-26(34)25(20-13-15-21(30)16-14-20)32(29(37)27(23)35)24-18(2)31(3)33(28(24)36)22-7-5-4-6-8-22/h4-16,25,35H,1-3H3/t25-/m1/s1. The van der Waals surface area contributed by atoms with Gasteiger partial charge in [0.05, 0.1) is 17.0 Å². The van der Waals surface area contributed by atoms with Crippen LogP contribution in [-0.2, 0) is 16.6 Å². The zero-order valence-corrected chi connectivity index (χ0v) is 22.1. The summed E-state index contributed by atoms with van der Waals surface area (Å²) in [7, 11) is 1.71. The molecule has 1 aliphatic rings. The Morgan fingerprint density at radius 1 is 0.838 bits per heavy atom. The van der Waals surface area contributed by atoms with Crippen LogP contribution in [0.3, 0.4) is 0 Å². The average molecular weight is 558 g/mol. The van der Waals surface area contributed by atoms with Crippen molar-refractivity contribution in [3.05, 3.63) is 122 Å². The second-order valence-electron chi connectivity index (χ2n) is 8.99. The van der Waals surface area contributed by atoms with Crippen molar-refractivity contribution in [3.8, 4) is 5.69 Å². The van der Waals surface area contributed by atoms with E-state index in [4.69, 9.17) is 0 Å². The van der Waals surface area contributed by atoms with Crippen molar-refractivity contribution in [2.24, 2.45) is 7.05 Å². The molecule has 1 aliphatic heterocycles.